The van der Waals surface area contributed by atoms with Gasteiger partial charge in [0.05, 0.1) is 0 Å². The highest BCUT2D eigenvalue weighted by Gasteiger charge is 2.26. The number of carbonyl (C=O) groups excluding carboxylic acids is 2. The first-order valence-corrected chi connectivity index (χ1v) is 7.38. The number of nitrogens with one attached hydrogen (secondary N) is 2. The van der Waals surface area contributed by atoms with Gasteiger partial charge in [0.1, 0.15) is 0 Å². The first-order valence-electron chi connectivity index (χ1n) is 7.38. The number of urea groups is 1. The normalized spacial score (nSPS) is 18.2. The van der Waals surface area contributed by atoms with Crippen LogP contribution in [-0.4, -0.2) is 42.5 Å². The Morgan fingerprint density at radius 3 is 2.81 bits per heavy atom. The molecule has 114 valence electrons. The number of hydrogen-bond donors (Lipinski definition) is 2. The smallest absolute Gasteiger partial charge is 0.315 e. The van der Waals surface area contributed by atoms with Crippen molar-refractivity contribution in [2.75, 3.05) is 13.6 Å². The fourth-order valence-electron chi connectivity index (χ4n) is 2.58. The summed E-state index contributed by atoms with van der Waals surface area (Å²) in [5, 5.41) is 5.63. The first-order chi connectivity index (χ1) is 9.99. The molecule has 1 unspecified atom stereocenters. The van der Waals surface area contributed by atoms with E-state index in [0.29, 0.717) is 6.54 Å². The van der Waals surface area contributed by atoms with Crippen molar-refractivity contribution in [3.63, 3.8) is 0 Å². The standard InChI is InChI=1S/C16H23N3O2/c1-11(2)18-16(21)17-10-13-9-8-12-6-4-5-7-14(12)15(20)19(13)3/h4-7,11,13H,8-10H2,1-3H3,(H2,17,18,21). The lowest BCUT2D eigenvalue weighted by Crippen LogP contribution is -2.47. The molecular formula is C16H23N3O2. The maximum atomic E-state index is 12.5. The highest BCUT2D eigenvalue weighted by molar-refractivity contribution is 5.96. The average Bonchev–Trinajstić information content (AvgIpc) is 2.56. The third-order valence-electron chi connectivity index (χ3n) is 3.78. The average molecular weight is 289 g/mol. The van der Waals surface area contributed by atoms with Crippen LogP contribution in [0.25, 0.3) is 0 Å². The maximum Gasteiger partial charge on any atom is 0.315 e. The largest absolute Gasteiger partial charge is 0.337 e. The van der Waals surface area contributed by atoms with Crippen LogP contribution < -0.4 is 10.6 Å². The van der Waals surface area contributed by atoms with Gasteiger partial charge in [0, 0.05) is 31.2 Å². The molecule has 0 spiro atoms. The van der Waals surface area contributed by atoms with E-state index in [-0.39, 0.29) is 24.0 Å². The van der Waals surface area contributed by atoms with Gasteiger partial charge in [-0.25, -0.2) is 4.79 Å². The fourth-order valence-corrected chi connectivity index (χ4v) is 2.58. The van der Waals surface area contributed by atoms with E-state index in [9.17, 15) is 9.59 Å². The molecule has 0 saturated heterocycles. The third-order valence-corrected chi connectivity index (χ3v) is 3.78. The molecule has 1 aromatic rings. The van der Waals surface area contributed by atoms with Crippen LogP contribution in [0.2, 0.25) is 0 Å². The number of rotatable bonds is 3. The molecule has 0 fully saturated rings. The van der Waals surface area contributed by atoms with E-state index in [4.69, 9.17) is 0 Å². The molecule has 5 nitrogen and oxygen atoms in total. The van der Waals surface area contributed by atoms with Crippen molar-refractivity contribution >= 4 is 11.9 Å². The molecule has 1 heterocycles. The second kappa shape index (κ2) is 6.61. The summed E-state index contributed by atoms with van der Waals surface area (Å²) >= 11 is 0. The van der Waals surface area contributed by atoms with Crippen LogP contribution in [0.3, 0.4) is 0 Å². The van der Waals surface area contributed by atoms with Crippen LogP contribution >= 0.6 is 0 Å². The third kappa shape index (κ3) is 3.74. The van der Waals surface area contributed by atoms with Gasteiger partial charge in [-0.05, 0) is 38.3 Å². The van der Waals surface area contributed by atoms with E-state index in [1.807, 2.05) is 38.1 Å². The Bertz CT molecular complexity index is 528. The van der Waals surface area contributed by atoms with Gasteiger partial charge in [-0.3, -0.25) is 4.79 Å². The second-order valence-corrected chi connectivity index (χ2v) is 5.77. The fraction of sp³-hybridized carbons (Fsp3) is 0.500. The van der Waals surface area contributed by atoms with E-state index in [0.717, 1.165) is 24.0 Å². The van der Waals surface area contributed by atoms with Gasteiger partial charge < -0.3 is 15.5 Å². The van der Waals surface area contributed by atoms with Gasteiger partial charge in [-0.15, -0.1) is 0 Å². The van der Waals surface area contributed by atoms with Gasteiger partial charge in [-0.1, -0.05) is 18.2 Å². The molecule has 0 bridgehead atoms. The number of amides is 3. The molecule has 1 aliphatic heterocycles. The highest BCUT2D eigenvalue weighted by atomic mass is 16.2. The molecule has 0 aromatic heterocycles. The Morgan fingerprint density at radius 1 is 1.38 bits per heavy atom. The maximum absolute atomic E-state index is 12.5. The predicted molar refractivity (Wildman–Crippen MR) is 82.3 cm³/mol. The number of aryl methyl sites for hydroxylation is 1. The summed E-state index contributed by atoms with van der Waals surface area (Å²) in [4.78, 5) is 25.9. The monoisotopic (exact) mass is 289 g/mol. The molecule has 0 saturated carbocycles. The summed E-state index contributed by atoms with van der Waals surface area (Å²) in [7, 11) is 1.80. The summed E-state index contributed by atoms with van der Waals surface area (Å²) in [5.41, 5.74) is 1.86. The molecular weight excluding hydrogens is 266 g/mol. The summed E-state index contributed by atoms with van der Waals surface area (Å²) in [6.45, 7) is 4.30. The van der Waals surface area contributed by atoms with Crippen LogP contribution in [0.5, 0.6) is 0 Å². The number of fused-ring (bicyclic) bond motifs is 1. The Kier molecular flexibility index (Phi) is 4.83. The number of benzene rings is 1. The summed E-state index contributed by atoms with van der Waals surface area (Å²) in [5.74, 6) is 0.0270. The molecule has 1 aromatic carbocycles. The van der Waals surface area contributed by atoms with Crippen LogP contribution in [0.1, 0.15) is 36.2 Å². The van der Waals surface area contributed by atoms with E-state index in [1.165, 1.54) is 0 Å². The second-order valence-electron chi connectivity index (χ2n) is 5.77. The van der Waals surface area contributed by atoms with Crippen LogP contribution in [0, 0.1) is 0 Å². The quantitative estimate of drug-likeness (QED) is 0.891. The Hall–Kier alpha value is -2.04. The highest BCUT2D eigenvalue weighted by Crippen LogP contribution is 2.21. The van der Waals surface area contributed by atoms with Gasteiger partial charge >= 0.3 is 6.03 Å². The van der Waals surface area contributed by atoms with Crippen LogP contribution in [0.4, 0.5) is 4.79 Å². The van der Waals surface area contributed by atoms with Gasteiger partial charge in [0.25, 0.3) is 5.91 Å². The lowest BCUT2D eigenvalue weighted by atomic mass is 10.0. The topological polar surface area (TPSA) is 61.4 Å². The molecule has 1 aliphatic rings. The van der Waals surface area contributed by atoms with Gasteiger partial charge in [0.2, 0.25) is 0 Å². The van der Waals surface area contributed by atoms with Gasteiger partial charge in [-0.2, -0.15) is 0 Å². The number of hydrogen-bond acceptors (Lipinski definition) is 2. The van der Waals surface area contributed by atoms with Gasteiger partial charge in [0.15, 0.2) is 0 Å². The predicted octanol–water partition coefficient (Wildman–Crippen LogP) is 1.78. The Labute approximate surface area is 125 Å². The summed E-state index contributed by atoms with van der Waals surface area (Å²) < 4.78 is 0. The van der Waals surface area contributed by atoms with E-state index >= 15 is 0 Å². The van der Waals surface area contributed by atoms with Crippen molar-refractivity contribution in [1.82, 2.24) is 15.5 Å². The van der Waals surface area contributed by atoms with E-state index < -0.39 is 0 Å². The van der Waals surface area contributed by atoms with Crippen molar-refractivity contribution < 1.29 is 9.59 Å². The molecule has 2 N–H and O–H groups in total. The number of carbonyl (C=O) groups is 2. The van der Waals surface area contributed by atoms with Crippen molar-refractivity contribution in [3.8, 4) is 0 Å². The molecule has 1 atom stereocenters. The summed E-state index contributed by atoms with van der Waals surface area (Å²) in [6.07, 6.45) is 1.70. The lowest BCUT2D eigenvalue weighted by molar-refractivity contribution is 0.0734. The SMILES string of the molecule is CC(C)NC(=O)NCC1CCc2ccccc2C(=O)N1C. The summed E-state index contributed by atoms with van der Waals surface area (Å²) in [6, 6.07) is 7.65. The zero-order valence-corrected chi connectivity index (χ0v) is 12.8. The van der Waals surface area contributed by atoms with Crippen LogP contribution in [-0.2, 0) is 6.42 Å². The van der Waals surface area contributed by atoms with E-state index in [1.54, 1.807) is 11.9 Å². The minimum Gasteiger partial charge on any atom is -0.337 e. The molecule has 0 radical (unpaired) electrons. The first kappa shape index (κ1) is 15.4. The minimum absolute atomic E-state index is 0.0165. The lowest BCUT2D eigenvalue weighted by Gasteiger charge is -2.26. The molecule has 3 amide bonds. The van der Waals surface area contributed by atoms with Crippen LogP contribution in [0.15, 0.2) is 24.3 Å². The van der Waals surface area contributed by atoms with Crippen molar-refractivity contribution in [1.29, 1.82) is 0 Å². The number of nitrogens with zero attached hydrogens (tertiary/aromatic N) is 1. The van der Waals surface area contributed by atoms with Crippen molar-refractivity contribution in [2.45, 2.75) is 38.8 Å². The zero-order valence-electron chi connectivity index (χ0n) is 12.8. The minimum atomic E-state index is -0.187. The zero-order chi connectivity index (χ0) is 15.4. The molecule has 21 heavy (non-hydrogen) atoms. The van der Waals surface area contributed by atoms with Crippen molar-refractivity contribution in [3.05, 3.63) is 35.4 Å². The molecule has 2 rings (SSSR count). The van der Waals surface area contributed by atoms with E-state index in [2.05, 4.69) is 10.6 Å². The molecule has 0 aliphatic carbocycles. The Morgan fingerprint density at radius 2 is 2.10 bits per heavy atom. The van der Waals surface area contributed by atoms with Crippen molar-refractivity contribution in [2.24, 2.45) is 0 Å². The number of likely N-dealkylation sites (N-methyl/N-ethyl adjacent to an activating group) is 1. The Balaban J connectivity index is 2.01. The molecule has 5 heteroatoms.